The quantitative estimate of drug-likeness (QED) is 0.145. The predicted octanol–water partition coefficient (Wildman–Crippen LogP) is 6.49. The second kappa shape index (κ2) is 14.1. The van der Waals surface area contributed by atoms with Gasteiger partial charge in [0.2, 0.25) is 5.82 Å². The molecule has 0 saturated heterocycles. The molecule has 1 heterocycles. The minimum absolute atomic E-state index is 0.408. The van der Waals surface area contributed by atoms with Crippen LogP contribution in [0.3, 0.4) is 0 Å². The summed E-state index contributed by atoms with van der Waals surface area (Å²) in [6, 6.07) is 14.2. The number of aromatic nitrogens is 4. The number of carbonyl (C=O) groups excluding carboxylic acids is 1. The molecule has 0 unspecified atom stereocenters. The van der Waals surface area contributed by atoms with Gasteiger partial charge in [0.1, 0.15) is 11.5 Å². The van der Waals surface area contributed by atoms with Gasteiger partial charge in [-0.25, -0.2) is 4.79 Å². The Morgan fingerprint density at radius 1 is 0.794 bits per heavy atom. The van der Waals surface area contributed by atoms with Crippen LogP contribution in [-0.2, 0) is 6.54 Å². The maximum absolute atomic E-state index is 12.5. The molecule has 1 aromatic heterocycles. The fourth-order valence-corrected chi connectivity index (χ4v) is 3.55. The predicted molar refractivity (Wildman–Crippen MR) is 133 cm³/mol. The minimum atomic E-state index is -0.408. The van der Waals surface area contributed by atoms with Crippen molar-refractivity contribution in [3.05, 3.63) is 54.1 Å². The Kier molecular flexibility index (Phi) is 10.6. The Morgan fingerprint density at radius 3 is 2.15 bits per heavy atom. The summed E-state index contributed by atoms with van der Waals surface area (Å²) in [7, 11) is 0. The van der Waals surface area contributed by atoms with Crippen molar-refractivity contribution in [3.8, 4) is 22.9 Å². The summed E-state index contributed by atoms with van der Waals surface area (Å²) in [5, 5.41) is 12.7. The van der Waals surface area contributed by atoms with E-state index in [0.717, 1.165) is 30.7 Å². The molecule has 0 atom stereocenters. The van der Waals surface area contributed by atoms with E-state index in [4.69, 9.17) is 9.47 Å². The Labute approximate surface area is 202 Å². The second-order valence-corrected chi connectivity index (χ2v) is 8.47. The molecular weight excluding hydrogens is 428 g/mol. The van der Waals surface area contributed by atoms with Crippen LogP contribution in [0.5, 0.6) is 11.5 Å². The summed E-state index contributed by atoms with van der Waals surface area (Å²) in [5.74, 6) is 1.39. The summed E-state index contributed by atoms with van der Waals surface area (Å²) in [6.07, 6.45) is 10.6. The average molecular weight is 465 g/mol. The van der Waals surface area contributed by atoms with Gasteiger partial charge < -0.3 is 9.47 Å². The highest BCUT2D eigenvalue weighted by molar-refractivity contribution is 5.91. The lowest BCUT2D eigenvalue weighted by Gasteiger charge is -2.08. The first-order valence-corrected chi connectivity index (χ1v) is 12.5. The highest BCUT2D eigenvalue weighted by atomic mass is 16.5. The first-order chi connectivity index (χ1) is 16.7. The molecular formula is C27H36N4O3. The molecule has 0 aliphatic rings. The molecule has 0 aliphatic carbocycles. The van der Waals surface area contributed by atoms with E-state index >= 15 is 0 Å². The molecule has 0 fully saturated rings. The van der Waals surface area contributed by atoms with E-state index in [1.165, 1.54) is 44.9 Å². The molecule has 0 aliphatic heterocycles. The van der Waals surface area contributed by atoms with E-state index in [2.05, 4.69) is 29.3 Å². The molecule has 0 saturated carbocycles. The van der Waals surface area contributed by atoms with Gasteiger partial charge in [0.15, 0.2) is 0 Å². The number of hydrogen-bond acceptors (Lipinski definition) is 6. The summed E-state index contributed by atoms with van der Waals surface area (Å²) in [6.45, 7) is 5.86. The smallest absolute Gasteiger partial charge is 0.343 e. The van der Waals surface area contributed by atoms with Gasteiger partial charge in [-0.1, -0.05) is 58.8 Å². The maximum atomic E-state index is 12.5. The van der Waals surface area contributed by atoms with Crippen LogP contribution >= 0.6 is 0 Å². The number of ether oxygens (including phenoxy) is 2. The lowest BCUT2D eigenvalue weighted by atomic mass is 10.2. The molecule has 182 valence electrons. The molecule has 3 rings (SSSR count). The van der Waals surface area contributed by atoms with Gasteiger partial charge in [-0.2, -0.15) is 4.80 Å². The van der Waals surface area contributed by atoms with Crippen LogP contribution in [0.1, 0.15) is 82.0 Å². The molecule has 0 radical (unpaired) electrons. The molecule has 3 aromatic rings. The monoisotopic (exact) mass is 464 g/mol. The largest absolute Gasteiger partial charge is 0.494 e. The molecule has 7 heteroatoms. The zero-order valence-corrected chi connectivity index (χ0v) is 20.4. The first kappa shape index (κ1) is 25.4. The number of esters is 1. The zero-order chi connectivity index (χ0) is 24.0. The molecule has 0 spiro atoms. The van der Waals surface area contributed by atoms with Crippen LogP contribution in [0.15, 0.2) is 48.5 Å². The SMILES string of the molecule is CCCCCCCn1nnc(-c2ccc(OC(=O)c3ccc(OCCCCCC)cc3)cc2)n1. The van der Waals surface area contributed by atoms with Crippen molar-refractivity contribution in [2.45, 2.75) is 78.2 Å². The number of benzene rings is 2. The first-order valence-electron chi connectivity index (χ1n) is 12.5. The van der Waals surface area contributed by atoms with Crippen LogP contribution < -0.4 is 9.47 Å². The van der Waals surface area contributed by atoms with Gasteiger partial charge >= 0.3 is 5.97 Å². The average Bonchev–Trinajstić information content (AvgIpc) is 3.33. The van der Waals surface area contributed by atoms with E-state index in [1.54, 1.807) is 41.2 Å². The number of unbranched alkanes of at least 4 members (excludes halogenated alkanes) is 7. The number of rotatable bonds is 15. The van der Waals surface area contributed by atoms with E-state index in [9.17, 15) is 4.79 Å². The van der Waals surface area contributed by atoms with Gasteiger partial charge in [0.05, 0.1) is 18.7 Å². The van der Waals surface area contributed by atoms with Gasteiger partial charge in [-0.05, 0) is 66.6 Å². The molecule has 7 nitrogen and oxygen atoms in total. The lowest BCUT2D eigenvalue weighted by Crippen LogP contribution is -2.08. The molecule has 2 aromatic carbocycles. The number of carbonyl (C=O) groups is 1. The van der Waals surface area contributed by atoms with Crippen molar-refractivity contribution in [2.24, 2.45) is 0 Å². The fraction of sp³-hybridized carbons (Fsp3) is 0.481. The van der Waals surface area contributed by atoms with Crippen molar-refractivity contribution in [1.29, 1.82) is 0 Å². The van der Waals surface area contributed by atoms with E-state index in [1.807, 2.05) is 12.1 Å². The van der Waals surface area contributed by atoms with Crippen molar-refractivity contribution in [1.82, 2.24) is 20.2 Å². The van der Waals surface area contributed by atoms with Crippen LogP contribution in [-0.4, -0.2) is 32.8 Å². The minimum Gasteiger partial charge on any atom is -0.494 e. The third kappa shape index (κ3) is 8.28. The maximum Gasteiger partial charge on any atom is 0.343 e. The molecule has 0 N–H and O–H groups in total. The van der Waals surface area contributed by atoms with E-state index < -0.39 is 5.97 Å². The number of tetrazole rings is 1. The van der Waals surface area contributed by atoms with Gasteiger partial charge in [-0.15, -0.1) is 10.2 Å². The number of nitrogens with zero attached hydrogens (tertiary/aromatic N) is 4. The third-order valence-corrected chi connectivity index (χ3v) is 5.59. The normalized spacial score (nSPS) is 10.9. The van der Waals surface area contributed by atoms with Crippen molar-refractivity contribution < 1.29 is 14.3 Å². The van der Waals surface area contributed by atoms with Crippen molar-refractivity contribution >= 4 is 5.97 Å². The van der Waals surface area contributed by atoms with Crippen molar-refractivity contribution in [3.63, 3.8) is 0 Å². The Hall–Kier alpha value is -3.22. The fourth-order valence-electron chi connectivity index (χ4n) is 3.55. The highest BCUT2D eigenvalue weighted by Gasteiger charge is 2.11. The van der Waals surface area contributed by atoms with Gasteiger partial charge in [0, 0.05) is 5.56 Å². The van der Waals surface area contributed by atoms with E-state index in [0.29, 0.717) is 23.7 Å². The Bertz CT molecular complexity index is 984. The Balaban J connectivity index is 1.46. The second-order valence-electron chi connectivity index (χ2n) is 8.47. The van der Waals surface area contributed by atoms with Crippen molar-refractivity contribution in [2.75, 3.05) is 6.61 Å². The summed E-state index contributed by atoms with van der Waals surface area (Å²) >= 11 is 0. The molecule has 0 bridgehead atoms. The number of aryl methyl sites for hydroxylation is 1. The summed E-state index contributed by atoms with van der Waals surface area (Å²) < 4.78 is 11.2. The number of hydrogen-bond donors (Lipinski definition) is 0. The van der Waals surface area contributed by atoms with Crippen LogP contribution in [0.25, 0.3) is 11.4 Å². The molecule has 34 heavy (non-hydrogen) atoms. The van der Waals surface area contributed by atoms with Gasteiger partial charge in [0.25, 0.3) is 0 Å². The lowest BCUT2D eigenvalue weighted by molar-refractivity contribution is 0.0734. The van der Waals surface area contributed by atoms with E-state index in [-0.39, 0.29) is 0 Å². The highest BCUT2D eigenvalue weighted by Crippen LogP contribution is 2.21. The summed E-state index contributed by atoms with van der Waals surface area (Å²) in [5.41, 5.74) is 1.31. The van der Waals surface area contributed by atoms with Crippen LogP contribution in [0.4, 0.5) is 0 Å². The zero-order valence-electron chi connectivity index (χ0n) is 20.4. The van der Waals surface area contributed by atoms with Crippen LogP contribution in [0.2, 0.25) is 0 Å². The topological polar surface area (TPSA) is 79.1 Å². The standard InChI is InChI=1S/C27H36N4O3/c1-3-5-7-9-10-20-31-29-26(28-30-31)22-12-18-25(19-13-22)34-27(32)23-14-16-24(17-15-23)33-21-11-8-6-4-2/h12-19H,3-11,20-21H2,1-2H3. The Morgan fingerprint density at radius 2 is 1.44 bits per heavy atom. The van der Waals surface area contributed by atoms with Gasteiger partial charge in [-0.3, -0.25) is 0 Å². The van der Waals surface area contributed by atoms with Crippen LogP contribution in [0, 0.1) is 0 Å². The molecule has 0 amide bonds. The summed E-state index contributed by atoms with van der Waals surface area (Å²) in [4.78, 5) is 14.1. The third-order valence-electron chi connectivity index (χ3n) is 5.59.